The van der Waals surface area contributed by atoms with E-state index >= 15 is 0 Å². The Morgan fingerprint density at radius 3 is 2.44 bits per heavy atom. The first-order valence-electron chi connectivity index (χ1n) is 14.9. The van der Waals surface area contributed by atoms with Crippen LogP contribution >= 0.6 is 0 Å². The number of carbonyl (C=O) groups is 2. The zero-order valence-electron chi connectivity index (χ0n) is 24.1. The number of carboxylic acid groups (broad SMARTS) is 1. The van der Waals surface area contributed by atoms with E-state index in [-0.39, 0.29) is 46.2 Å². The molecule has 0 aliphatic heterocycles. The molecule has 9 atom stereocenters. The number of carbonyl (C=O) groups excluding carboxylic acids is 1. The SMILES string of the molecule is CC(C)C(NC(=O)O)C(=O)N(C)C1CC[C@@]2(C)[C@H](CC[C@@H]3[C@@H]2CC[C@]2(C)[C@@H](c4ccc(=O)oc4)CC[C@]32O)C1. The van der Waals surface area contributed by atoms with E-state index in [0.717, 1.165) is 63.4 Å². The standard InChI is InChI=1S/C31H46N2O6/c1-18(2)26(32-28(36)37)27(35)33(5)21-10-13-29(3)20(16-21)7-8-24-23(29)11-14-30(4)22(12-15-31(24,30)38)19-6-9-25(34)39-17-19/h6,9,17-18,20-24,26,32,38H,7-8,10-16H2,1-5H3,(H,36,37)/t20-,21?,22-,23+,24-,26?,29+,30-,31+/m1/s1. The highest BCUT2D eigenvalue weighted by molar-refractivity contribution is 5.85. The Balaban J connectivity index is 1.32. The molecule has 3 N–H and O–H groups in total. The molecule has 8 nitrogen and oxygen atoms in total. The number of hydrogen-bond donors (Lipinski definition) is 3. The lowest BCUT2D eigenvalue weighted by Crippen LogP contribution is -2.62. The predicted molar refractivity (Wildman–Crippen MR) is 147 cm³/mol. The summed E-state index contributed by atoms with van der Waals surface area (Å²) in [7, 11) is 1.83. The number of fused-ring (bicyclic) bond motifs is 5. The van der Waals surface area contributed by atoms with Crippen molar-refractivity contribution in [2.75, 3.05) is 7.05 Å². The highest BCUT2D eigenvalue weighted by atomic mass is 16.4. The van der Waals surface area contributed by atoms with Gasteiger partial charge in [0.25, 0.3) is 0 Å². The predicted octanol–water partition coefficient (Wildman–Crippen LogP) is 5.00. The Labute approximate surface area is 231 Å². The van der Waals surface area contributed by atoms with Crippen molar-refractivity contribution in [2.45, 2.75) is 109 Å². The molecule has 4 fully saturated rings. The van der Waals surface area contributed by atoms with Gasteiger partial charge >= 0.3 is 11.7 Å². The van der Waals surface area contributed by atoms with E-state index in [1.165, 1.54) is 6.07 Å². The second kappa shape index (κ2) is 9.93. The van der Waals surface area contributed by atoms with Gasteiger partial charge in [-0.15, -0.1) is 0 Å². The van der Waals surface area contributed by atoms with Gasteiger partial charge in [0.15, 0.2) is 0 Å². The van der Waals surface area contributed by atoms with Crippen molar-refractivity contribution in [3.05, 3.63) is 34.4 Å². The monoisotopic (exact) mass is 542 g/mol. The fourth-order valence-electron chi connectivity index (χ4n) is 9.70. The molecule has 4 aliphatic carbocycles. The quantitative estimate of drug-likeness (QED) is 0.482. The van der Waals surface area contributed by atoms with Crippen LogP contribution in [0.2, 0.25) is 0 Å². The summed E-state index contributed by atoms with van der Waals surface area (Å²) in [4.78, 5) is 38.0. The molecule has 4 saturated carbocycles. The molecule has 39 heavy (non-hydrogen) atoms. The van der Waals surface area contributed by atoms with Crippen molar-refractivity contribution < 1.29 is 24.2 Å². The molecule has 8 heteroatoms. The van der Waals surface area contributed by atoms with Gasteiger partial charge in [0.2, 0.25) is 5.91 Å². The highest BCUT2D eigenvalue weighted by Crippen LogP contribution is 2.70. The third kappa shape index (κ3) is 4.41. The maximum Gasteiger partial charge on any atom is 0.405 e. The lowest BCUT2D eigenvalue weighted by atomic mass is 9.43. The topological polar surface area (TPSA) is 120 Å². The minimum absolute atomic E-state index is 0.101. The number of aliphatic hydroxyl groups is 1. The van der Waals surface area contributed by atoms with Gasteiger partial charge in [-0.2, -0.15) is 0 Å². The molecule has 1 aromatic rings. The molecule has 0 aromatic carbocycles. The van der Waals surface area contributed by atoms with Crippen molar-refractivity contribution in [1.82, 2.24) is 10.2 Å². The van der Waals surface area contributed by atoms with Crippen LogP contribution in [-0.2, 0) is 4.79 Å². The summed E-state index contributed by atoms with van der Waals surface area (Å²) in [6.45, 7) is 8.43. The summed E-state index contributed by atoms with van der Waals surface area (Å²) in [6.07, 6.45) is 9.04. The Morgan fingerprint density at radius 1 is 1.05 bits per heavy atom. The molecule has 2 unspecified atom stereocenters. The summed E-state index contributed by atoms with van der Waals surface area (Å²) in [6, 6.07) is 2.74. The zero-order valence-corrected chi connectivity index (χ0v) is 24.1. The second-order valence-electron chi connectivity index (χ2n) is 13.9. The minimum atomic E-state index is -1.17. The molecule has 2 amide bonds. The Bertz CT molecular complexity index is 1150. The maximum atomic E-state index is 13.3. The van der Waals surface area contributed by atoms with Gasteiger partial charge in [-0.3, -0.25) is 4.79 Å². The molecule has 1 aromatic heterocycles. The number of rotatable bonds is 5. The molecular weight excluding hydrogens is 496 g/mol. The second-order valence-corrected chi connectivity index (χ2v) is 13.9. The minimum Gasteiger partial charge on any atom is -0.465 e. The van der Waals surface area contributed by atoms with E-state index < -0.39 is 17.7 Å². The van der Waals surface area contributed by atoms with Crippen LogP contribution < -0.4 is 10.9 Å². The molecule has 1 heterocycles. The fourth-order valence-corrected chi connectivity index (χ4v) is 9.70. The van der Waals surface area contributed by atoms with Crippen molar-refractivity contribution >= 4 is 12.0 Å². The van der Waals surface area contributed by atoms with Gasteiger partial charge in [0.1, 0.15) is 6.04 Å². The van der Waals surface area contributed by atoms with E-state index in [4.69, 9.17) is 4.42 Å². The first kappa shape index (κ1) is 28.2. The number of hydrogen-bond acceptors (Lipinski definition) is 5. The summed E-state index contributed by atoms with van der Waals surface area (Å²) in [5.74, 6) is 1.08. The summed E-state index contributed by atoms with van der Waals surface area (Å²) < 4.78 is 5.22. The van der Waals surface area contributed by atoms with Crippen molar-refractivity contribution in [1.29, 1.82) is 0 Å². The van der Waals surface area contributed by atoms with E-state index in [0.29, 0.717) is 11.8 Å². The smallest absolute Gasteiger partial charge is 0.405 e. The lowest BCUT2D eigenvalue weighted by molar-refractivity contribution is -0.203. The molecule has 4 aliphatic rings. The van der Waals surface area contributed by atoms with Crippen LogP contribution in [-0.4, -0.2) is 51.8 Å². The molecule has 0 radical (unpaired) electrons. The normalized spacial score (nSPS) is 40.2. The number of nitrogens with zero attached hydrogens (tertiary/aromatic N) is 1. The van der Waals surface area contributed by atoms with Crippen LogP contribution in [0.1, 0.15) is 97.0 Å². The Kier molecular flexibility index (Phi) is 7.18. The third-order valence-electron chi connectivity index (χ3n) is 12.1. The maximum absolute atomic E-state index is 13.3. The van der Waals surface area contributed by atoms with Crippen LogP contribution in [0.5, 0.6) is 0 Å². The van der Waals surface area contributed by atoms with Gasteiger partial charge in [0, 0.05) is 24.6 Å². The summed E-state index contributed by atoms with van der Waals surface area (Å²) >= 11 is 0. The van der Waals surface area contributed by atoms with Gasteiger partial charge in [-0.25, -0.2) is 9.59 Å². The number of nitrogens with one attached hydrogen (secondary N) is 1. The van der Waals surface area contributed by atoms with Gasteiger partial charge in [-0.05, 0) is 104 Å². The highest BCUT2D eigenvalue weighted by Gasteiger charge is 2.67. The van der Waals surface area contributed by atoms with Gasteiger partial charge in [0.05, 0.1) is 11.9 Å². The van der Waals surface area contributed by atoms with Gasteiger partial charge in [-0.1, -0.05) is 27.7 Å². The molecule has 5 rings (SSSR count). The molecule has 0 bridgehead atoms. The van der Waals surface area contributed by atoms with Crippen LogP contribution in [0.3, 0.4) is 0 Å². The van der Waals surface area contributed by atoms with Crippen LogP contribution in [0.25, 0.3) is 0 Å². The number of amides is 2. The van der Waals surface area contributed by atoms with Crippen LogP contribution in [0.4, 0.5) is 4.79 Å². The van der Waals surface area contributed by atoms with Gasteiger partial charge < -0.3 is 24.8 Å². The third-order valence-corrected chi connectivity index (χ3v) is 12.1. The zero-order chi connectivity index (χ0) is 28.3. The van der Waals surface area contributed by atoms with E-state index in [2.05, 4.69) is 19.2 Å². The van der Waals surface area contributed by atoms with Crippen molar-refractivity contribution in [2.24, 2.45) is 34.5 Å². The van der Waals surface area contributed by atoms with E-state index in [1.807, 2.05) is 27.0 Å². The molecule has 216 valence electrons. The first-order chi connectivity index (χ1) is 18.3. The molecular formula is C31H46N2O6. The van der Waals surface area contributed by atoms with Crippen LogP contribution in [0.15, 0.2) is 27.6 Å². The van der Waals surface area contributed by atoms with E-state index in [9.17, 15) is 24.6 Å². The number of likely N-dealkylation sites (N-methyl/N-ethyl adjacent to an activating group) is 1. The molecule has 0 saturated heterocycles. The first-order valence-corrected chi connectivity index (χ1v) is 14.9. The average Bonchev–Trinajstić information content (AvgIpc) is 3.17. The molecule has 0 spiro atoms. The lowest BCUT2D eigenvalue weighted by Gasteiger charge is -2.64. The summed E-state index contributed by atoms with van der Waals surface area (Å²) in [5, 5.41) is 24.1. The fraction of sp³-hybridized carbons (Fsp3) is 0.774. The Hall–Kier alpha value is -2.35. The average molecular weight is 543 g/mol. The van der Waals surface area contributed by atoms with E-state index in [1.54, 1.807) is 11.2 Å². The summed E-state index contributed by atoms with van der Waals surface area (Å²) in [5.41, 5.74) is -0.176. The van der Waals surface area contributed by atoms with Crippen molar-refractivity contribution in [3.63, 3.8) is 0 Å². The van der Waals surface area contributed by atoms with Crippen LogP contribution in [0, 0.1) is 34.5 Å². The van der Waals surface area contributed by atoms with Crippen molar-refractivity contribution in [3.8, 4) is 0 Å². The largest absolute Gasteiger partial charge is 0.465 e. The Morgan fingerprint density at radius 2 is 1.79 bits per heavy atom.